The number of rotatable bonds is 4. The molecule has 4 rings (SSSR count). The van der Waals surface area contributed by atoms with Crippen LogP contribution in [0.3, 0.4) is 0 Å². The van der Waals surface area contributed by atoms with Crippen LogP contribution in [-0.2, 0) is 14.4 Å². The van der Waals surface area contributed by atoms with E-state index in [0.29, 0.717) is 31.4 Å². The predicted octanol–water partition coefficient (Wildman–Crippen LogP) is 1.95. The monoisotopic (exact) mass is 352 g/mol. The van der Waals surface area contributed by atoms with E-state index in [1.165, 1.54) is 0 Å². The van der Waals surface area contributed by atoms with Crippen molar-refractivity contribution in [3.63, 3.8) is 0 Å². The number of hydrogen-bond acceptors (Lipinski definition) is 4. The first-order chi connectivity index (χ1) is 12.6. The molecule has 0 N–H and O–H groups in total. The highest BCUT2D eigenvalue weighted by Gasteiger charge is 2.47. The molecule has 26 heavy (non-hydrogen) atoms. The molecule has 1 aromatic carbocycles. The lowest BCUT2D eigenvalue weighted by Crippen LogP contribution is -2.36. The molecule has 0 bridgehead atoms. The number of ketones is 1. The molecule has 2 aliphatic heterocycles. The van der Waals surface area contributed by atoms with Crippen molar-refractivity contribution in [2.75, 3.05) is 18.0 Å². The van der Waals surface area contributed by atoms with Crippen molar-refractivity contribution in [2.24, 2.45) is 11.8 Å². The molecule has 3 amide bonds. The van der Waals surface area contributed by atoms with Gasteiger partial charge in [0.2, 0.25) is 17.7 Å². The Kier molecular flexibility index (Phi) is 4.18. The minimum absolute atomic E-state index is 0.0913. The second kappa shape index (κ2) is 6.52. The Morgan fingerprint density at radius 3 is 2.12 bits per heavy atom. The summed E-state index contributed by atoms with van der Waals surface area (Å²) in [5.74, 6) is -1.28. The van der Waals surface area contributed by atoms with Crippen LogP contribution in [0.5, 0.6) is 0 Å². The number of fused-ring (bicyclic) bond motifs is 1. The molecular weight excluding hydrogens is 332 g/mol. The largest absolute Gasteiger partial charge is 0.312 e. The van der Waals surface area contributed by atoms with Crippen molar-refractivity contribution in [1.29, 1.82) is 0 Å². The number of allylic oxidation sites excluding steroid dienone is 2. The minimum Gasteiger partial charge on any atom is -0.312 e. The third-order valence-corrected chi connectivity index (χ3v) is 5.47. The summed E-state index contributed by atoms with van der Waals surface area (Å²) < 4.78 is 0. The topological polar surface area (TPSA) is 74.8 Å². The molecule has 1 aromatic rings. The van der Waals surface area contributed by atoms with Gasteiger partial charge in [0.15, 0.2) is 5.78 Å². The standard InChI is InChI=1S/C20H20N2O4/c23-17(12-22-19(25)15-4-1-2-5-16(15)20(22)26)13-7-9-14(10-8-13)21-11-3-6-18(21)24/h1-2,7-10,15-16H,3-6,11-12H2/t15-,16-/m1/s1. The molecule has 6 nitrogen and oxygen atoms in total. The molecule has 2 fully saturated rings. The fourth-order valence-corrected chi connectivity index (χ4v) is 4.01. The van der Waals surface area contributed by atoms with Crippen LogP contribution in [0.2, 0.25) is 0 Å². The number of likely N-dealkylation sites (tertiary alicyclic amines) is 1. The summed E-state index contributed by atoms with van der Waals surface area (Å²) in [5, 5.41) is 0. The van der Waals surface area contributed by atoms with E-state index in [1.807, 2.05) is 12.2 Å². The van der Waals surface area contributed by atoms with Gasteiger partial charge in [0, 0.05) is 24.2 Å². The van der Waals surface area contributed by atoms with Gasteiger partial charge in [0.05, 0.1) is 18.4 Å². The maximum absolute atomic E-state index is 12.6. The predicted molar refractivity (Wildman–Crippen MR) is 94.4 cm³/mol. The number of nitrogens with zero attached hydrogens (tertiary/aromatic N) is 2. The van der Waals surface area contributed by atoms with Gasteiger partial charge in [-0.05, 0) is 43.5 Å². The number of benzene rings is 1. The van der Waals surface area contributed by atoms with Crippen molar-refractivity contribution in [3.8, 4) is 0 Å². The number of carbonyl (C=O) groups is 4. The van der Waals surface area contributed by atoms with Crippen LogP contribution < -0.4 is 4.90 Å². The fraction of sp³-hybridized carbons (Fsp3) is 0.400. The van der Waals surface area contributed by atoms with Gasteiger partial charge in [0.1, 0.15) is 0 Å². The van der Waals surface area contributed by atoms with Gasteiger partial charge in [-0.15, -0.1) is 0 Å². The van der Waals surface area contributed by atoms with Gasteiger partial charge in [0.25, 0.3) is 0 Å². The van der Waals surface area contributed by atoms with Gasteiger partial charge in [-0.2, -0.15) is 0 Å². The summed E-state index contributed by atoms with van der Waals surface area (Å²) in [6.45, 7) is 0.479. The summed E-state index contributed by atoms with van der Waals surface area (Å²) >= 11 is 0. The first-order valence-electron chi connectivity index (χ1n) is 9.00. The van der Waals surface area contributed by atoms with Gasteiger partial charge >= 0.3 is 0 Å². The molecule has 0 radical (unpaired) electrons. The smallest absolute Gasteiger partial charge is 0.233 e. The lowest BCUT2D eigenvalue weighted by molar-refractivity contribution is -0.139. The molecule has 0 spiro atoms. The lowest BCUT2D eigenvalue weighted by Gasteiger charge is -2.17. The second-order valence-corrected chi connectivity index (χ2v) is 7.04. The molecule has 6 heteroatoms. The van der Waals surface area contributed by atoms with E-state index in [4.69, 9.17) is 0 Å². The number of amides is 3. The maximum Gasteiger partial charge on any atom is 0.233 e. The Morgan fingerprint density at radius 2 is 1.58 bits per heavy atom. The number of Topliss-reactive ketones (excluding diaryl/α,β-unsaturated/α-hetero) is 1. The Bertz CT molecular complexity index is 786. The van der Waals surface area contributed by atoms with Gasteiger partial charge in [-0.1, -0.05) is 12.2 Å². The summed E-state index contributed by atoms with van der Waals surface area (Å²) in [6, 6.07) is 6.80. The van der Waals surface area contributed by atoms with Crippen molar-refractivity contribution in [3.05, 3.63) is 42.0 Å². The quantitative estimate of drug-likeness (QED) is 0.472. The number of imide groups is 1. The third-order valence-electron chi connectivity index (χ3n) is 5.47. The Hall–Kier alpha value is -2.76. The minimum atomic E-state index is -0.316. The van der Waals surface area contributed by atoms with E-state index < -0.39 is 0 Å². The third kappa shape index (κ3) is 2.75. The molecule has 0 unspecified atom stereocenters. The summed E-state index contributed by atoms with van der Waals surface area (Å²) in [4.78, 5) is 52.1. The van der Waals surface area contributed by atoms with Crippen LogP contribution in [-0.4, -0.2) is 41.5 Å². The summed E-state index contributed by atoms with van der Waals surface area (Å²) in [7, 11) is 0. The van der Waals surface area contributed by atoms with Crippen LogP contribution in [0.4, 0.5) is 5.69 Å². The SMILES string of the molecule is O=C(CN1C(=O)[C@@H]2CC=CC[C@H]2C1=O)c1ccc(N2CCCC2=O)cc1. The van der Waals surface area contributed by atoms with E-state index >= 15 is 0 Å². The Morgan fingerprint density at radius 1 is 0.962 bits per heavy atom. The van der Waals surface area contributed by atoms with E-state index in [2.05, 4.69) is 0 Å². The van der Waals surface area contributed by atoms with Crippen molar-refractivity contribution in [1.82, 2.24) is 4.90 Å². The average molecular weight is 352 g/mol. The molecule has 0 aromatic heterocycles. The molecular formula is C20H20N2O4. The second-order valence-electron chi connectivity index (χ2n) is 7.04. The number of hydrogen-bond donors (Lipinski definition) is 0. The van der Waals surface area contributed by atoms with Crippen LogP contribution in [0.15, 0.2) is 36.4 Å². The molecule has 134 valence electrons. The molecule has 2 atom stereocenters. The highest BCUT2D eigenvalue weighted by atomic mass is 16.2. The van der Waals surface area contributed by atoms with Crippen LogP contribution >= 0.6 is 0 Å². The van der Waals surface area contributed by atoms with Crippen molar-refractivity contribution in [2.45, 2.75) is 25.7 Å². The summed E-state index contributed by atoms with van der Waals surface area (Å²) in [5.41, 5.74) is 1.21. The van der Waals surface area contributed by atoms with Crippen LogP contribution in [0.1, 0.15) is 36.0 Å². The van der Waals surface area contributed by atoms with E-state index in [-0.39, 0.29) is 41.9 Å². The highest BCUT2D eigenvalue weighted by Crippen LogP contribution is 2.35. The Labute approximate surface area is 151 Å². The fourth-order valence-electron chi connectivity index (χ4n) is 4.01. The zero-order valence-corrected chi connectivity index (χ0v) is 14.4. The zero-order valence-electron chi connectivity index (χ0n) is 14.4. The summed E-state index contributed by atoms with van der Waals surface area (Å²) in [6.07, 6.45) is 6.38. The van der Waals surface area contributed by atoms with Gasteiger partial charge < -0.3 is 4.90 Å². The first-order valence-corrected chi connectivity index (χ1v) is 9.00. The number of anilines is 1. The van der Waals surface area contributed by atoms with E-state index in [1.54, 1.807) is 29.2 Å². The zero-order chi connectivity index (χ0) is 18.3. The van der Waals surface area contributed by atoms with Crippen LogP contribution in [0, 0.1) is 11.8 Å². The molecule has 1 aliphatic carbocycles. The number of carbonyl (C=O) groups excluding carboxylic acids is 4. The first kappa shape index (κ1) is 16.7. The maximum atomic E-state index is 12.6. The molecule has 0 saturated carbocycles. The van der Waals surface area contributed by atoms with Crippen molar-refractivity contribution < 1.29 is 19.2 Å². The van der Waals surface area contributed by atoms with E-state index in [9.17, 15) is 19.2 Å². The average Bonchev–Trinajstić information content (AvgIpc) is 3.19. The van der Waals surface area contributed by atoms with E-state index in [0.717, 1.165) is 17.0 Å². The van der Waals surface area contributed by atoms with Gasteiger partial charge in [-0.25, -0.2) is 0 Å². The lowest BCUT2D eigenvalue weighted by atomic mass is 9.85. The van der Waals surface area contributed by atoms with Crippen molar-refractivity contribution >= 4 is 29.2 Å². The highest BCUT2D eigenvalue weighted by molar-refractivity contribution is 6.10. The molecule has 3 aliphatic rings. The molecule has 2 saturated heterocycles. The normalized spacial score (nSPS) is 25.2. The molecule has 2 heterocycles. The van der Waals surface area contributed by atoms with Crippen LogP contribution in [0.25, 0.3) is 0 Å². The Balaban J connectivity index is 1.46. The van der Waals surface area contributed by atoms with Gasteiger partial charge in [-0.3, -0.25) is 24.1 Å².